The van der Waals surface area contributed by atoms with Gasteiger partial charge in [0.15, 0.2) is 0 Å². The average Bonchev–Trinajstić information content (AvgIpc) is 2.65. The molecule has 1 saturated heterocycles. The minimum Gasteiger partial charge on any atom is -0.465 e. The van der Waals surface area contributed by atoms with Gasteiger partial charge in [-0.3, -0.25) is 0 Å². The summed E-state index contributed by atoms with van der Waals surface area (Å²) < 4.78 is 37.1. The summed E-state index contributed by atoms with van der Waals surface area (Å²) in [6.07, 6.45) is 0. The van der Waals surface area contributed by atoms with Gasteiger partial charge in [0.2, 0.25) is 10.0 Å². The van der Waals surface area contributed by atoms with Gasteiger partial charge in [0.1, 0.15) is 16.4 Å². The number of hydrogen-bond acceptors (Lipinski definition) is 5. The van der Waals surface area contributed by atoms with Crippen LogP contribution in [-0.4, -0.2) is 39.0 Å². The highest BCUT2D eigenvalue weighted by molar-refractivity contribution is 7.89. The number of ether oxygens (including phenoxy) is 1. The molecule has 102 valence electrons. The van der Waals surface area contributed by atoms with Gasteiger partial charge >= 0.3 is 0 Å². The van der Waals surface area contributed by atoms with Crippen molar-refractivity contribution in [3.63, 3.8) is 0 Å². The Morgan fingerprint density at radius 1 is 1.22 bits per heavy atom. The summed E-state index contributed by atoms with van der Waals surface area (Å²) in [5, 5.41) is 0. The summed E-state index contributed by atoms with van der Waals surface area (Å²) in [5.41, 5.74) is 6.19. The van der Waals surface area contributed by atoms with E-state index in [-0.39, 0.29) is 11.4 Å². The highest BCUT2D eigenvalue weighted by Crippen LogP contribution is 2.29. The molecule has 1 aromatic heterocycles. The Morgan fingerprint density at radius 2 is 1.83 bits per heavy atom. The molecule has 0 bridgehead atoms. The van der Waals surface area contributed by atoms with Gasteiger partial charge in [0, 0.05) is 25.2 Å². The van der Waals surface area contributed by atoms with Crippen LogP contribution in [0.3, 0.4) is 0 Å². The number of morpholine rings is 1. The van der Waals surface area contributed by atoms with Crippen LogP contribution < -0.4 is 5.73 Å². The first-order chi connectivity index (χ1) is 8.48. The fraction of sp³-hybridized carbons (Fsp3) is 0.636. The fourth-order valence-corrected chi connectivity index (χ4v) is 4.03. The van der Waals surface area contributed by atoms with Gasteiger partial charge in [-0.15, -0.1) is 0 Å². The lowest BCUT2D eigenvalue weighted by atomic mass is 10.2. The molecule has 0 unspecified atom stereocenters. The zero-order valence-electron chi connectivity index (χ0n) is 10.6. The van der Waals surface area contributed by atoms with Crippen molar-refractivity contribution in [3.05, 3.63) is 17.1 Å². The van der Waals surface area contributed by atoms with Crippen molar-refractivity contribution in [2.75, 3.05) is 26.3 Å². The second-order valence-corrected chi connectivity index (χ2v) is 6.12. The number of hydrogen-bond donors (Lipinski definition) is 1. The maximum atomic E-state index is 12.6. The molecule has 0 spiro atoms. The van der Waals surface area contributed by atoms with Crippen LogP contribution in [0.15, 0.2) is 9.31 Å². The molecule has 2 rings (SSSR count). The van der Waals surface area contributed by atoms with Crippen molar-refractivity contribution in [2.45, 2.75) is 25.3 Å². The van der Waals surface area contributed by atoms with E-state index in [9.17, 15) is 8.42 Å². The van der Waals surface area contributed by atoms with Gasteiger partial charge in [-0.25, -0.2) is 8.42 Å². The van der Waals surface area contributed by atoms with Crippen LogP contribution in [0.4, 0.5) is 0 Å². The molecule has 0 radical (unpaired) electrons. The molecule has 0 aromatic carbocycles. The first-order valence-corrected chi connectivity index (χ1v) is 7.29. The van der Waals surface area contributed by atoms with Crippen molar-refractivity contribution >= 4 is 10.0 Å². The molecule has 6 nitrogen and oxygen atoms in total. The third-order valence-corrected chi connectivity index (χ3v) is 5.19. The largest absolute Gasteiger partial charge is 0.465 e. The Labute approximate surface area is 107 Å². The number of aryl methyl sites for hydroxylation is 2. The Hall–Kier alpha value is -0.890. The predicted octanol–water partition coefficient (Wildman–Crippen LogP) is 0.376. The van der Waals surface area contributed by atoms with Crippen LogP contribution in [0.2, 0.25) is 0 Å². The van der Waals surface area contributed by atoms with Crippen molar-refractivity contribution in [1.29, 1.82) is 0 Å². The molecule has 2 heterocycles. The molecule has 1 aliphatic rings. The number of furan rings is 1. The third-order valence-electron chi connectivity index (χ3n) is 3.10. The quantitative estimate of drug-likeness (QED) is 0.861. The van der Waals surface area contributed by atoms with E-state index in [4.69, 9.17) is 14.9 Å². The number of rotatable bonds is 3. The topological polar surface area (TPSA) is 85.8 Å². The first-order valence-electron chi connectivity index (χ1n) is 5.85. The monoisotopic (exact) mass is 274 g/mol. The molecule has 1 aliphatic heterocycles. The Balaban J connectivity index is 2.46. The van der Waals surface area contributed by atoms with Crippen LogP contribution in [-0.2, 0) is 21.3 Å². The molecule has 7 heteroatoms. The van der Waals surface area contributed by atoms with E-state index in [1.165, 1.54) is 4.31 Å². The number of nitrogens with two attached hydrogens (primary N) is 1. The van der Waals surface area contributed by atoms with E-state index in [1.54, 1.807) is 13.8 Å². The molecule has 2 N–H and O–H groups in total. The lowest BCUT2D eigenvalue weighted by Gasteiger charge is -2.26. The summed E-state index contributed by atoms with van der Waals surface area (Å²) >= 11 is 0. The molecule has 0 atom stereocenters. The van der Waals surface area contributed by atoms with Gasteiger partial charge < -0.3 is 14.9 Å². The van der Waals surface area contributed by atoms with Gasteiger partial charge in [-0.05, 0) is 13.8 Å². The summed E-state index contributed by atoms with van der Waals surface area (Å²) in [7, 11) is -3.54. The minimum atomic E-state index is -3.54. The first kappa shape index (κ1) is 13.5. The second-order valence-electron chi connectivity index (χ2n) is 4.24. The van der Waals surface area contributed by atoms with E-state index >= 15 is 0 Å². The van der Waals surface area contributed by atoms with Crippen molar-refractivity contribution in [1.82, 2.24) is 4.31 Å². The maximum absolute atomic E-state index is 12.6. The van der Waals surface area contributed by atoms with Gasteiger partial charge in [-0.1, -0.05) is 0 Å². The molecule has 0 amide bonds. The van der Waals surface area contributed by atoms with Crippen molar-refractivity contribution < 1.29 is 17.6 Å². The number of nitrogens with zero attached hydrogens (tertiary/aromatic N) is 1. The maximum Gasteiger partial charge on any atom is 0.247 e. The van der Waals surface area contributed by atoms with Gasteiger partial charge in [0.25, 0.3) is 0 Å². The van der Waals surface area contributed by atoms with Crippen LogP contribution in [0.1, 0.15) is 17.1 Å². The number of sulfonamides is 1. The molecule has 0 aliphatic carbocycles. The van der Waals surface area contributed by atoms with Gasteiger partial charge in [-0.2, -0.15) is 4.31 Å². The summed E-state index contributed by atoms with van der Waals surface area (Å²) in [6.45, 7) is 5.13. The van der Waals surface area contributed by atoms with E-state index in [1.807, 2.05) is 0 Å². The molecular formula is C11H18N2O4S. The Kier molecular flexibility index (Phi) is 3.76. The zero-order valence-corrected chi connectivity index (χ0v) is 11.4. The third kappa shape index (κ3) is 2.18. The van der Waals surface area contributed by atoms with Crippen molar-refractivity contribution in [2.24, 2.45) is 5.73 Å². The second kappa shape index (κ2) is 5.00. The summed E-state index contributed by atoms with van der Waals surface area (Å²) in [4.78, 5) is 0.226. The molecule has 18 heavy (non-hydrogen) atoms. The Bertz CT molecular complexity index is 529. The minimum absolute atomic E-state index is 0.155. The van der Waals surface area contributed by atoms with Crippen LogP contribution in [0.25, 0.3) is 0 Å². The van der Waals surface area contributed by atoms with Gasteiger partial charge in [0.05, 0.1) is 13.2 Å². The van der Waals surface area contributed by atoms with Crippen LogP contribution in [0.5, 0.6) is 0 Å². The molecule has 1 fully saturated rings. The van der Waals surface area contributed by atoms with E-state index in [0.29, 0.717) is 43.4 Å². The summed E-state index contributed by atoms with van der Waals surface area (Å²) in [6, 6.07) is 0. The van der Waals surface area contributed by atoms with Crippen LogP contribution >= 0.6 is 0 Å². The van der Waals surface area contributed by atoms with E-state index in [2.05, 4.69) is 0 Å². The van der Waals surface area contributed by atoms with E-state index in [0.717, 1.165) is 0 Å². The standard InChI is InChI=1S/C11H18N2O4S/c1-8-10(7-12)11(9(2)17-8)18(14,15)13-3-5-16-6-4-13/h3-7,12H2,1-2H3. The molecule has 0 saturated carbocycles. The smallest absolute Gasteiger partial charge is 0.247 e. The van der Waals surface area contributed by atoms with Crippen molar-refractivity contribution in [3.8, 4) is 0 Å². The summed E-state index contributed by atoms with van der Waals surface area (Å²) in [5.74, 6) is 0.973. The Morgan fingerprint density at radius 3 is 2.39 bits per heavy atom. The highest BCUT2D eigenvalue weighted by atomic mass is 32.2. The zero-order chi connectivity index (χ0) is 13.3. The normalized spacial score (nSPS) is 18.2. The van der Waals surface area contributed by atoms with Crippen LogP contribution in [0, 0.1) is 13.8 Å². The molecular weight excluding hydrogens is 256 g/mol. The lowest BCUT2D eigenvalue weighted by Crippen LogP contribution is -2.41. The highest BCUT2D eigenvalue weighted by Gasteiger charge is 2.32. The SMILES string of the molecule is Cc1oc(C)c(S(=O)(=O)N2CCOCC2)c1CN. The molecule has 1 aromatic rings. The predicted molar refractivity (Wildman–Crippen MR) is 65.7 cm³/mol. The lowest BCUT2D eigenvalue weighted by molar-refractivity contribution is 0.0730. The fourth-order valence-electron chi connectivity index (χ4n) is 2.20. The van der Waals surface area contributed by atoms with E-state index < -0.39 is 10.0 Å². The average molecular weight is 274 g/mol.